The van der Waals surface area contributed by atoms with Crippen molar-refractivity contribution in [3.8, 4) is 5.75 Å². The molecule has 1 N–H and O–H groups in total. The lowest BCUT2D eigenvalue weighted by Crippen LogP contribution is -2.54. The van der Waals surface area contributed by atoms with Gasteiger partial charge in [0.15, 0.2) is 0 Å². The van der Waals surface area contributed by atoms with Crippen molar-refractivity contribution in [1.82, 2.24) is 15.3 Å². The molecule has 0 aliphatic carbocycles. The van der Waals surface area contributed by atoms with E-state index < -0.39 is 0 Å². The van der Waals surface area contributed by atoms with Gasteiger partial charge >= 0.3 is 0 Å². The highest BCUT2D eigenvalue weighted by molar-refractivity contribution is 6.30. The average Bonchev–Trinajstić information content (AvgIpc) is 3.27. The third kappa shape index (κ3) is 4.80. The van der Waals surface area contributed by atoms with Gasteiger partial charge in [-0.25, -0.2) is 5.01 Å². The molecule has 0 amide bonds. The predicted molar refractivity (Wildman–Crippen MR) is 139 cm³/mol. The largest absolute Gasteiger partial charge is 0.494 e. The second kappa shape index (κ2) is 10.4. The van der Waals surface area contributed by atoms with Crippen LogP contribution in [0.4, 0.5) is 0 Å². The number of aliphatic imine (C=N–C) groups is 1. The molecule has 2 unspecified atom stereocenters. The molecular weight excluding hydrogens is 467 g/mol. The number of hydrogen-bond donors (Lipinski definition) is 1. The van der Waals surface area contributed by atoms with Crippen molar-refractivity contribution in [3.63, 3.8) is 0 Å². The third-order valence-corrected chi connectivity index (χ3v) is 6.77. The number of benzene rings is 3. The van der Waals surface area contributed by atoms with Crippen LogP contribution in [0.2, 0.25) is 10.0 Å². The van der Waals surface area contributed by atoms with Gasteiger partial charge in [-0.3, -0.25) is 10.0 Å². The zero-order valence-corrected chi connectivity index (χ0v) is 20.6. The van der Waals surface area contributed by atoms with E-state index in [0.29, 0.717) is 6.61 Å². The molecule has 1 fully saturated rings. The standard InChI is InChI=1S/C27H28Cl2N4O/c1-2-34-24-5-3-4-21(18-24)27-31-25(19-6-10-22(28)11-7-19)26(20-8-12-23(29)13-9-20)33(27)32-16-14-30-15-17-32/h3-13,18,25-26,30H,2,14-17H2,1H3. The molecule has 7 heteroatoms. The fourth-order valence-electron chi connectivity index (χ4n) is 4.70. The Labute approximate surface area is 210 Å². The minimum atomic E-state index is -0.0981. The Morgan fingerprint density at radius 1 is 0.912 bits per heavy atom. The highest BCUT2D eigenvalue weighted by Gasteiger charge is 2.42. The van der Waals surface area contributed by atoms with Crippen LogP contribution in [0.5, 0.6) is 5.75 Å². The third-order valence-electron chi connectivity index (χ3n) is 6.27. The van der Waals surface area contributed by atoms with E-state index >= 15 is 0 Å². The van der Waals surface area contributed by atoms with Crippen molar-refractivity contribution in [1.29, 1.82) is 0 Å². The molecule has 5 rings (SSSR count). The van der Waals surface area contributed by atoms with Crippen molar-refractivity contribution in [2.75, 3.05) is 32.8 Å². The smallest absolute Gasteiger partial charge is 0.147 e. The van der Waals surface area contributed by atoms with Crippen molar-refractivity contribution in [3.05, 3.63) is 99.5 Å². The highest BCUT2D eigenvalue weighted by atomic mass is 35.5. The number of nitrogens with one attached hydrogen (secondary N) is 1. The Hall–Kier alpha value is -2.57. The van der Waals surface area contributed by atoms with Crippen LogP contribution in [0.15, 0.2) is 77.8 Å². The van der Waals surface area contributed by atoms with E-state index in [4.69, 9.17) is 32.9 Å². The van der Waals surface area contributed by atoms with Gasteiger partial charge in [-0.1, -0.05) is 59.6 Å². The van der Waals surface area contributed by atoms with Gasteiger partial charge in [0.1, 0.15) is 17.6 Å². The Balaban J connectivity index is 1.65. The number of amidine groups is 1. The summed E-state index contributed by atoms with van der Waals surface area (Å²) in [6.07, 6.45) is 0. The second-order valence-corrected chi connectivity index (χ2v) is 9.33. The number of rotatable bonds is 6. The van der Waals surface area contributed by atoms with Gasteiger partial charge in [0.05, 0.1) is 12.6 Å². The highest BCUT2D eigenvalue weighted by Crippen LogP contribution is 2.45. The Morgan fingerprint density at radius 3 is 2.21 bits per heavy atom. The molecular formula is C27H28Cl2N4O. The molecule has 0 saturated carbocycles. The van der Waals surface area contributed by atoms with E-state index in [0.717, 1.165) is 58.9 Å². The average molecular weight is 495 g/mol. The van der Waals surface area contributed by atoms with Crippen molar-refractivity contribution in [2.24, 2.45) is 4.99 Å². The summed E-state index contributed by atoms with van der Waals surface area (Å²) in [5.41, 5.74) is 3.34. The molecule has 2 atom stereocenters. The number of nitrogens with zero attached hydrogens (tertiary/aromatic N) is 3. The van der Waals surface area contributed by atoms with E-state index in [-0.39, 0.29) is 12.1 Å². The van der Waals surface area contributed by atoms with Crippen LogP contribution in [0.25, 0.3) is 0 Å². The van der Waals surface area contributed by atoms with Crippen molar-refractivity contribution in [2.45, 2.75) is 19.0 Å². The first-order valence-electron chi connectivity index (χ1n) is 11.7. The molecule has 2 aliphatic rings. The maximum atomic E-state index is 6.26. The van der Waals surface area contributed by atoms with Crippen LogP contribution in [-0.4, -0.2) is 48.6 Å². The quantitative estimate of drug-likeness (QED) is 0.472. The lowest BCUT2D eigenvalue weighted by molar-refractivity contribution is 0.000435. The molecule has 3 aromatic rings. The zero-order valence-electron chi connectivity index (χ0n) is 19.1. The molecule has 3 aromatic carbocycles. The fourth-order valence-corrected chi connectivity index (χ4v) is 4.96. The molecule has 176 valence electrons. The SMILES string of the molecule is CCOc1cccc(C2=NC(c3ccc(Cl)cc3)C(c3ccc(Cl)cc3)N2N2CCNCC2)c1. The van der Waals surface area contributed by atoms with E-state index in [9.17, 15) is 0 Å². The predicted octanol–water partition coefficient (Wildman–Crippen LogP) is 5.76. The van der Waals surface area contributed by atoms with Gasteiger partial charge in [-0.15, -0.1) is 0 Å². The van der Waals surface area contributed by atoms with E-state index in [2.05, 4.69) is 51.7 Å². The Kier molecular flexibility index (Phi) is 7.07. The number of hydrazine groups is 1. The normalized spacial score (nSPS) is 20.9. The van der Waals surface area contributed by atoms with Crippen LogP contribution in [0.3, 0.4) is 0 Å². The number of hydrogen-bond acceptors (Lipinski definition) is 5. The van der Waals surface area contributed by atoms with Gasteiger partial charge < -0.3 is 10.1 Å². The summed E-state index contributed by atoms with van der Waals surface area (Å²) in [6, 6.07) is 24.3. The van der Waals surface area contributed by atoms with Gasteiger partial charge in [0.2, 0.25) is 0 Å². The minimum absolute atomic E-state index is 0.0118. The number of halogens is 2. The summed E-state index contributed by atoms with van der Waals surface area (Å²) in [5.74, 6) is 1.80. The first-order chi connectivity index (χ1) is 16.6. The van der Waals surface area contributed by atoms with Crippen LogP contribution >= 0.6 is 23.2 Å². The Bertz CT molecular complexity index is 1140. The van der Waals surface area contributed by atoms with Crippen LogP contribution in [0.1, 0.15) is 35.7 Å². The molecule has 2 aliphatic heterocycles. The summed E-state index contributed by atoms with van der Waals surface area (Å²) in [5, 5.41) is 9.71. The van der Waals surface area contributed by atoms with Crippen LogP contribution in [-0.2, 0) is 0 Å². The molecule has 0 aromatic heterocycles. The summed E-state index contributed by atoms with van der Waals surface area (Å²) in [6.45, 7) is 6.30. The molecule has 0 radical (unpaired) electrons. The fraction of sp³-hybridized carbons (Fsp3) is 0.296. The molecule has 0 bridgehead atoms. The van der Waals surface area contributed by atoms with Gasteiger partial charge in [0, 0.05) is 41.8 Å². The first kappa shape index (κ1) is 23.2. The number of piperazine rings is 1. The van der Waals surface area contributed by atoms with Crippen molar-refractivity contribution >= 4 is 29.0 Å². The summed E-state index contributed by atoms with van der Waals surface area (Å²) in [7, 11) is 0. The topological polar surface area (TPSA) is 40.1 Å². The monoisotopic (exact) mass is 494 g/mol. The van der Waals surface area contributed by atoms with Crippen molar-refractivity contribution < 1.29 is 4.74 Å². The summed E-state index contributed by atoms with van der Waals surface area (Å²) < 4.78 is 5.81. The minimum Gasteiger partial charge on any atom is -0.494 e. The van der Waals surface area contributed by atoms with Crippen LogP contribution < -0.4 is 10.1 Å². The molecule has 5 nitrogen and oxygen atoms in total. The lowest BCUT2D eigenvalue weighted by atomic mass is 9.94. The maximum absolute atomic E-state index is 6.26. The van der Waals surface area contributed by atoms with Gasteiger partial charge in [-0.2, -0.15) is 0 Å². The Morgan fingerprint density at radius 2 is 1.56 bits per heavy atom. The molecule has 2 heterocycles. The second-order valence-electron chi connectivity index (χ2n) is 8.45. The molecule has 0 spiro atoms. The zero-order chi connectivity index (χ0) is 23.5. The van der Waals surface area contributed by atoms with Gasteiger partial charge in [0.25, 0.3) is 0 Å². The molecule has 1 saturated heterocycles. The van der Waals surface area contributed by atoms with Crippen LogP contribution in [0, 0.1) is 0 Å². The van der Waals surface area contributed by atoms with E-state index in [1.54, 1.807) is 0 Å². The first-order valence-corrected chi connectivity index (χ1v) is 12.5. The maximum Gasteiger partial charge on any atom is 0.147 e. The number of ether oxygens (including phenoxy) is 1. The van der Waals surface area contributed by atoms with E-state index in [1.165, 1.54) is 5.56 Å². The van der Waals surface area contributed by atoms with E-state index in [1.807, 2.05) is 43.3 Å². The lowest BCUT2D eigenvalue weighted by Gasteiger charge is -2.42. The van der Waals surface area contributed by atoms with Gasteiger partial charge in [-0.05, 0) is 54.4 Å². The molecule has 34 heavy (non-hydrogen) atoms. The summed E-state index contributed by atoms with van der Waals surface area (Å²) in [4.78, 5) is 5.35. The summed E-state index contributed by atoms with van der Waals surface area (Å²) >= 11 is 12.5.